The number of hydrogen-bond donors (Lipinski definition) is 2. The molecule has 3 fully saturated rings. The van der Waals surface area contributed by atoms with E-state index in [0.29, 0.717) is 45.2 Å². The zero-order valence-electron chi connectivity index (χ0n) is 32.1. The van der Waals surface area contributed by atoms with Gasteiger partial charge in [0.1, 0.15) is 29.5 Å². The average Bonchev–Trinajstić information content (AvgIpc) is 4.04. The molecule has 2 aliphatic carbocycles. The third-order valence-corrected chi connectivity index (χ3v) is 14.0. The third kappa shape index (κ3) is 8.16. The largest absolute Gasteiger partial charge is 0.494 e. The van der Waals surface area contributed by atoms with E-state index in [0.717, 1.165) is 11.1 Å². The molecule has 0 bridgehead atoms. The highest BCUT2D eigenvalue weighted by Crippen LogP contribution is 2.46. The number of anilines is 1. The van der Waals surface area contributed by atoms with Gasteiger partial charge in [0.25, 0.3) is 5.91 Å². The molecule has 302 valence electrons. The van der Waals surface area contributed by atoms with Crippen molar-refractivity contribution in [2.75, 3.05) is 18.1 Å². The lowest BCUT2D eigenvalue weighted by Crippen LogP contribution is -2.59. The van der Waals surface area contributed by atoms with E-state index in [9.17, 15) is 22.8 Å². The first-order valence-corrected chi connectivity index (χ1v) is 21.7. The number of aryl methyl sites for hydroxylation is 1. The van der Waals surface area contributed by atoms with Crippen LogP contribution < -0.4 is 23.9 Å². The maximum atomic E-state index is 15.0. The summed E-state index contributed by atoms with van der Waals surface area (Å²) in [5.74, 6) is -1.77. The Morgan fingerprint density at radius 3 is 2.49 bits per heavy atom. The number of aromatic nitrogens is 2. The molecule has 0 spiro atoms. The molecule has 57 heavy (non-hydrogen) atoms. The van der Waals surface area contributed by atoms with Crippen LogP contribution in [0.25, 0.3) is 22.0 Å². The predicted molar refractivity (Wildman–Crippen MR) is 221 cm³/mol. The van der Waals surface area contributed by atoms with Gasteiger partial charge in [0.05, 0.1) is 30.8 Å². The molecule has 2 aromatic carbocycles. The molecule has 2 aromatic heterocycles. The average molecular weight is 856 g/mol. The molecular weight excluding hydrogens is 812 g/mol. The van der Waals surface area contributed by atoms with Gasteiger partial charge in [0.15, 0.2) is 0 Å². The lowest BCUT2D eigenvalue weighted by molar-refractivity contribution is -0.142. The summed E-state index contributed by atoms with van der Waals surface area (Å²) in [4.78, 5) is 53.8. The van der Waals surface area contributed by atoms with Crippen molar-refractivity contribution in [3.63, 3.8) is 0 Å². The molecule has 3 aliphatic rings. The summed E-state index contributed by atoms with van der Waals surface area (Å²) in [6.07, 6.45) is 3.35. The predicted octanol–water partition coefficient (Wildman–Crippen LogP) is 6.42. The van der Waals surface area contributed by atoms with E-state index in [-0.39, 0.29) is 25.3 Å². The minimum Gasteiger partial charge on any atom is -0.494 e. The van der Waals surface area contributed by atoms with Crippen LogP contribution in [-0.2, 0) is 24.4 Å². The number of nitrogens with zero attached hydrogens (tertiary/aromatic N) is 4. The van der Waals surface area contributed by atoms with E-state index in [1.165, 1.54) is 40.0 Å². The van der Waals surface area contributed by atoms with Gasteiger partial charge in [-0.25, -0.2) is 22.8 Å². The van der Waals surface area contributed by atoms with Gasteiger partial charge in [-0.2, -0.15) is 0 Å². The minimum atomic E-state index is -3.91. The fourth-order valence-electron chi connectivity index (χ4n) is 7.27. The van der Waals surface area contributed by atoms with Crippen LogP contribution in [-0.4, -0.2) is 83.6 Å². The number of sulfonamides is 1. The van der Waals surface area contributed by atoms with Crippen molar-refractivity contribution in [2.24, 2.45) is 11.3 Å². The number of amides is 3. The highest BCUT2D eigenvalue weighted by molar-refractivity contribution is 7.91. The second kappa shape index (κ2) is 15.4. The molecule has 0 radical (unpaired) electrons. The zero-order chi connectivity index (χ0) is 41.0. The van der Waals surface area contributed by atoms with E-state index in [2.05, 4.69) is 21.6 Å². The second-order valence-electron chi connectivity index (χ2n) is 15.9. The van der Waals surface area contributed by atoms with Gasteiger partial charge in [-0.1, -0.05) is 68.3 Å². The van der Waals surface area contributed by atoms with Gasteiger partial charge in [-0.3, -0.25) is 19.1 Å². The number of likely N-dealkylation sites (tertiary alicyclic amines) is 1. The molecule has 17 heteroatoms. The van der Waals surface area contributed by atoms with Gasteiger partial charge in [0.2, 0.25) is 32.8 Å². The maximum absolute atomic E-state index is 15.0. The molecule has 5 atom stereocenters. The standard InChI is InChI=1S/C40H44Cl2N6O7S2/c1-7-24-18-40(24,37(51)46-57(52,53)27-13-14-27)45-34(49)31-17-26(55-35-29-16-25(41)12-15-28(29)32(54-6)19-43-35)20-47(31)36(50)33(39(3,4)5)48(42)38-44-30(21-56-38)23-10-8-22(2)9-11-23/h7-12,15-16,19,21,24,26-27,31,33H,1,13-14,17-18,20H2,2-6H3,(H,45,49)(H,46,51)/t24-,26-,31+,33-,40-/m1/s1. The molecule has 2 saturated carbocycles. The number of pyridine rings is 1. The minimum absolute atomic E-state index is 0.0120. The molecular formula is C40H44Cl2N6O7S2. The van der Waals surface area contributed by atoms with Gasteiger partial charge < -0.3 is 19.7 Å². The Kier molecular flexibility index (Phi) is 11.0. The fraction of sp³-hybridized carbons (Fsp3) is 0.425. The molecule has 3 amide bonds. The first kappa shape index (κ1) is 40.7. The third-order valence-electron chi connectivity index (χ3n) is 10.7. The van der Waals surface area contributed by atoms with Crippen molar-refractivity contribution in [3.05, 3.63) is 77.3 Å². The van der Waals surface area contributed by atoms with Crippen LogP contribution in [0.15, 0.2) is 66.7 Å². The summed E-state index contributed by atoms with van der Waals surface area (Å²) in [6, 6.07) is 10.9. The van der Waals surface area contributed by atoms with Crippen molar-refractivity contribution < 1.29 is 32.3 Å². The first-order valence-electron chi connectivity index (χ1n) is 18.5. The summed E-state index contributed by atoms with van der Waals surface area (Å²) in [5.41, 5.74) is 0.357. The Hall–Kier alpha value is -4.44. The molecule has 7 rings (SSSR count). The first-order chi connectivity index (χ1) is 26.9. The molecule has 13 nitrogen and oxygen atoms in total. The summed E-state index contributed by atoms with van der Waals surface area (Å²) in [6.45, 7) is 11.4. The van der Waals surface area contributed by atoms with Crippen molar-refractivity contribution in [1.82, 2.24) is 24.9 Å². The smallest absolute Gasteiger partial charge is 0.259 e. The van der Waals surface area contributed by atoms with Gasteiger partial charge >= 0.3 is 0 Å². The SMILES string of the molecule is C=C[C@@H]1C[C@]1(NC(=O)[C@@H]1C[C@@H](Oc2ncc(OC)c3ccc(Cl)cc23)CN1C(=O)[C@@H](N(Cl)c1nc(-c2ccc(C)cc2)cs1)C(C)(C)C)C(=O)NS(=O)(=O)C1CC1. The van der Waals surface area contributed by atoms with Crippen LogP contribution in [0.3, 0.4) is 0 Å². The summed E-state index contributed by atoms with van der Waals surface area (Å²) < 4.78 is 41.1. The van der Waals surface area contributed by atoms with E-state index in [1.807, 2.05) is 57.3 Å². The number of rotatable bonds is 13. The molecule has 3 heterocycles. The molecule has 2 N–H and O–H groups in total. The Labute approximate surface area is 345 Å². The Morgan fingerprint density at radius 2 is 1.86 bits per heavy atom. The van der Waals surface area contributed by atoms with Crippen LogP contribution in [0.5, 0.6) is 11.6 Å². The van der Waals surface area contributed by atoms with E-state index in [4.69, 9.17) is 37.8 Å². The van der Waals surface area contributed by atoms with Gasteiger partial charge in [-0.15, -0.1) is 17.9 Å². The lowest BCUT2D eigenvalue weighted by atomic mass is 9.85. The maximum Gasteiger partial charge on any atom is 0.259 e. The van der Waals surface area contributed by atoms with E-state index >= 15 is 0 Å². The lowest BCUT2D eigenvalue weighted by Gasteiger charge is -2.38. The van der Waals surface area contributed by atoms with Crippen molar-refractivity contribution in [2.45, 2.75) is 82.4 Å². The molecule has 4 aromatic rings. The summed E-state index contributed by atoms with van der Waals surface area (Å²) in [7, 11) is -2.38. The molecule has 1 aliphatic heterocycles. The van der Waals surface area contributed by atoms with Crippen molar-refractivity contribution in [1.29, 1.82) is 0 Å². The number of nitrogens with one attached hydrogen (secondary N) is 2. The van der Waals surface area contributed by atoms with Crippen LogP contribution in [0, 0.1) is 18.3 Å². The normalized spacial score (nSPS) is 22.4. The van der Waals surface area contributed by atoms with Gasteiger partial charge in [-0.05, 0) is 49.8 Å². The Morgan fingerprint density at radius 1 is 1.14 bits per heavy atom. The number of fused-ring (bicyclic) bond motifs is 1. The number of hydrogen-bond acceptors (Lipinski definition) is 11. The fourth-order valence-corrected chi connectivity index (χ4v) is 10.1. The number of benzene rings is 2. The van der Waals surface area contributed by atoms with Crippen LogP contribution in [0.1, 0.15) is 52.0 Å². The molecule has 0 unspecified atom stereocenters. The highest BCUT2D eigenvalue weighted by Gasteiger charge is 2.62. The van der Waals surface area contributed by atoms with Crippen molar-refractivity contribution >= 4 is 78.4 Å². The summed E-state index contributed by atoms with van der Waals surface area (Å²) >= 11 is 14.8. The topological polar surface area (TPSA) is 160 Å². The number of ether oxygens (including phenoxy) is 2. The van der Waals surface area contributed by atoms with Crippen LogP contribution in [0.4, 0.5) is 5.13 Å². The Bertz CT molecular complexity index is 2350. The highest BCUT2D eigenvalue weighted by atomic mass is 35.5. The quantitative estimate of drug-likeness (QED) is 0.114. The van der Waals surface area contributed by atoms with Crippen LogP contribution >= 0.6 is 34.7 Å². The number of thiazole rings is 1. The van der Waals surface area contributed by atoms with E-state index < -0.39 is 68.1 Å². The van der Waals surface area contributed by atoms with Gasteiger partial charge in [0, 0.05) is 50.9 Å². The summed E-state index contributed by atoms with van der Waals surface area (Å²) in [5, 5.41) is 6.16. The number of carbonyl (C=O) groups is 3. The van der Waals surface area contributed by atoms with Crippen LogP contribution in [0.2, 0.25) is 5.02 Å². The number of carbonyl (C=O) groups excluding carboxylic acids is 3. The number of methoxy groups -OCH3 is 1. The Balaban J connectivity index is 1.21. The molecule has 1 saturated heterocycles. The monoisotopic (exact) mass is 854 g/mol. The zero-order valence-corrected chi connectivity index (χ0v) is 35.3. The number of halogens is 2. The van der Waals surface area contributed by atoms with E-state index in [1.54, 1.807) is 18.2 Å². The second-order valence-corrected chi connectivity index (χ2v) is 19.5. The van der Waals surface area contributed by atoms with Crippen molar-refractivity contribution in [3.8, 4) is 22.9 Å².